The smallest absolute Gasteiger partial charge is 0.240 e. The lowest BCUT2D eigenvalue weighted by molar-refractivity contribution is 0.373. The Balaban J connectivity index is 2.12. The summed E-state index contributed by atoms with van der Waals surface area (Å²) in [5.74, 6) is 0.453. The molecule has 0 aromatic heterocycles. The van der Waals surface area contributed by atoms with E-state index in [1.807, 2.05) is 0 Å². The van der Waals surface area contributed by atoms with E-state index in [0.29, 0.717) is 5.75 Å². The minimum Gasteiger partial charge on any atom is -0.495 e. The molecule has 7 heteroatoms. The maximum atomic E-state index is 12.3. The van der Waals surface area contributed by atoms with Crippen LogP contribution < -0.4 is 15.2 Å². The van der Waals surface area contributed by atoms with Crippen LogP contribution in [-0.4, -0.2) is 27.6 Å². The van der Waals surface area contributed by atoms with Gasteiger partial charge in [-0.1, -0.05) is 11.6 Å². The van der Waals surface area contributed by atoms with Crippen LogP contribution in [0.3, 0.4) is 0 Å². The van der Waals surface area contributed by atoms with Crippen molar-refractivity contribution >= 4 is 21.6 Å². The van der Waals surface area contributed by atoms with E-state index in [1.165, 1.54) is 19.2 Å². The summed E-state index contributed by atoms with van der Waals surface area (Å²) in [4.78, 5) is 0.151. The van der Waals surface area contributed by atoms with Crippen LogP contribution in [0.2, 0.25) is 5.02 Å². The monoisotopic (exact) mass is 318 g/mol. The number of ether oxygens (including phenoxy) is 1. The van der Waals surface area contributed by atoms with Gasteiger partial charge in [0.05, 0.1) is 17.0 Å². The highest BCUT2D eigenvalue weighted by molar-refractivity contribution is 7.89. The number of sulfonamides is 1. The van der Waals surface area contributed by atoms with Crippen LogP contribution in [0.15, 0.2) is 23.1 Å². The van der Waals surface area contributed by atoms with Crippen LogP contribution in [0, 0.1) is 0 Å². The van der Waals surface area contributed by atoms with Gasteiger partial charge < -0.3 is 10.5 Å². The minimum atomic E-state index is -3.56. The second kappa shape index (κ2) is 6.30. The SMILES string of the molecule is COc1ccc(S(=O)(=O)NC2CCC(N)CC2)cc1Cl. The molecule has 0 saturated heterocycles. The van der Waals surface area contributed by atoms with Crippen molar-refractivity contribution in [3.05, 3.63) is 23.2 Å². The molecule has 0 heterocycles. The molecule has 3 N–H and O–H groups in total. The third kappa shape index (κ3) is 3.63. The highest BCUT2D eigenvalue weighted by atomic mass is 35.5. The van der Waals surface area contributed by atoms with Gasteiger partial charge in [0.25, 0.3) is 0 Å². The van der Waals surface area contributed by atoms with Crippen molar-refractivity contribution in [3.63, 3.8) is 0 Å². The average molecular weight is 319 g/mol. The molecule has 0 amide bonds. The summed E-state index contributed by atoms with van der Waals surface area (Å²) < 4.78 is 32.3. The summed E-state index contributed by atoms with van der Waals surface area (Å²) in [5.41, 5.74) is 5.82. The number of hydrogen-bond acceptors (Lipinski definition) is 4. The third-order valence-corrected chi connectivity index (χ3v) is 5.34. The van der Waals surface area contributed by atoms with Gasteiger partial charge in [-0.15, -0.1) is 0 Å². The van der Waals surface area contributed by atoms with E-state index in [-0.39, 0.29) is 22.0 Å². The number of rotatable bonds is 4. The second-order valence-electron chi connectivity index (χ2n) is 5.03. The molecular formula is C13H19ClN2O3S. The van der Waals surface area contributed by atoms with Crippen molar-refractivity contribution in [3.8, 4) is 5.75 Å². The predicted molar refractivity (Wildman–Crippen MR) is 78.6 cm³/mol. The topological polar surface area (TPSA) is 81.4 Å². The van der Waals surface area contributed by atoms with Gasteiger partial charge in [-0.25, -0.2) is 13.1 Å². The molecule has 1 aromatic carbocycles. The number of methoxy groups -OCH3 is 1. The molecule has 1 aromatic rings. The molecule has 1 saturated carbocycles. The van der Waals surface area contributed by atoms with Crippen LogP contribution in [0.1, 0.15) is 25.7 Å². The Morgan fingerprint density at radius 1 is 1.30 bits per heavy atom. The second-order valence-corrected chi connectivity index (χ2v) is 7.15. The van der Waals surface area contributed by atoms with Crippen LogP contribution >= 0.6 is 11.6 Å². The molecule has 1 aliphatic carbocycles. The Labute approximate surface area is 124 Å². The first-order valence-electron chi connectivity index (χ1n) is 6.54. The molecule has 20 heavy (non-hydrogen) atoms. The summed E-state index contributed by atoms with van der Waals surface area (Å²) in [6.07, 6.45) is 3.22. The maximum Gasteiger partial charge on any atom is 0.240 e. The molecule has 0 bridgehead atoms. The molecule has 1 fully saturated rings. The first-order valence-corrected chi connectivity index (χ1v) is 8.40. The first kappa shape index (κ1) is 15.6. The van der Waals surface area contributed by atoms with Crippen LogP contribution in [0.5, 0.6) is 5.75 Å². The summed E-state index contributed by atoms with van der Waals surface area (Å²) >= 11 is 5.96. The number of benzene rings is 1. The van der Waals surface area contributed by atoms with Crippen molar-refractivity contribution in [1.29, 1.82) is 0 Å². The van der Waals surface area contributed by atoms with Gasteiger partial charge in [-0.05, 0) is 43.9 Å². The van der Waals surface area contributed by atoms with Crippen molar-refractivity contribution in [2.75, 3.05) is 7.11 Å². The maximum absolute atomic E-state index is 12.3. The highest BCUT2D eigenvalue weighted by Crippen LogP contribution is 2.27. The van der Waals surface area contributed by atoms with Gasteiger partial charge in [0, 0.05) is 12.1 Å². The van der Waals surface area contributed by atoms with Gasteiger partial charge in [-0.2, -0.15) is 0 Å². The molecule has 2 rings (SSSR count). The number of halogens is 1. The zero-order valence-electron chi connectivity index (χ0n) is 11.3. The van der Waals surface area contributed by atoms with Gasteiger partial charge in [0.15, 0.2) is 0 Å². The fourth-order valence-electron chi connectivity index (χ4n) is 2.34. The molecule has 5 nitrogen and oxygen atoms in total. The lowest BCUT2D eigenvalue weighted by atomic mass is 9.93. The predicted octanol–water partition coefficient (Wildman–Crippen LogP) is 1.90. The Morgan fingerprint density at radius 3 is 2.50 bits per heavy atom. The molecule has 0 spiro atoms. The lowest BCUT2D eigenvalue weighted by Gasteiger charge is -2.26. The van der Waals surface area contributed by atoms with E-state index in [1.54, 1.807) is 6.07 Å². The zero-order chi connectivity index (χ0) is 14.8. The Bertz CT molecular complexity index is 569. The summed E-state index contributed by atoms with van der Waals surface area (Å²) in [6.45, 7) is 0. The highest BCUT2D eigenvalue weighted by Gasteiger charge is 2.24. The van der Waals surface area contributed by atoms with Gasteiger partial charge in [0.1, 0.15) is 5.75 Å². The lowest BCUT2D eigenvalue weighted by Crippen LogP contribution is -2.40. The number of hydrogen-bond donors (Lipinski definition) is 2. The van der Waals surface area contributed by atoms with Crippen molar-refractivity contribution < 1.29 is 13.2 Å². The zero-order valence-corrected chi connectivity index (χ0v) is 12.9. The van der Waals surface area contributed by atoms with Gasteiger partial charge in [0.2, 0.25) is 10.0 Å². The first-order chi connectivity index (χ1) is 9.42. The van der Waals surface area contributed by atoms with E-state index in [4.69, 9.17) is 22.1 Å². The molecule has 0 unspecified atom stereocenters. The number of nitrogens with one attached hydrogen (secondary N) is 1. The van der Waals surface area contributed by atoms with E-state index in [9.17, 15) is 8.42 Å². The third-order valence-electron chi connectivity index (χ3n) is 3.53. The quantitative estimate of drug-likeness (QED) is 0.888. The normalized spacial score (nSPS) is 23.6. The standard InChI is InChI=1S/C13H19ClN2O3S/c1-19-13-7-6-11(8-12(13)14)20(17,18)16-10-4-2-9(15)3-5-10/h6-10,16H,2-5,15H2,1H3. The van der Waals surface area contributed by atoms with Crippen molar-refractivity contribution in [1.82, 2.24) is 4.72 Å². The molecule has 1 aliphatic rings. The Morgan fingerprint density at radius 2 is 1.95 bits per heavy atom. The Kier molecular flexibility index (Phi) is 4.90. The summed E-state index contributed by atoms with van der Waals surface area (Å²) in [5, 5.41) is 0.279. The average Bonchev–Trinajstić information content (AvgIpc) is 2.41. The largest absolute Gasteiger partial charge is 0.495 e. The Hall–Kier alpha value is -0.820. The fourth-order valence-corrected chi connectivity index (χ4v) is 3.99. The van der Waals surface area contributed by atoms with E-state index in [0.717, 1.165) is 25.7 Å². The molecule has 0 radical (unpaired) electrons. The molecular weight excluding hydrogens is 300 g/mol. The van der Waals surface area contributed by atoms with Crippen LogP contribution in [0.25, 0.3) is 0 Å². The number of nitrogens with two attached hydrogens (primary N) is 1. The molecule has 0 atom stereocenters. The fraction of sp³-hybridized carbons (Fsp3) is 0.538. The van der Waals surface area contributed by atoms with E-state index in [2.05, 4.69) is 4.72 Å². The van der Waals surface area contributed by atoms with E-state index >= 15 is 0 Å². The minimum absolute atomic E-state index is 0.0549. The van der Waals surface area contributed by atoms with Crippen LogP contribution in [-0.2, 0) is 10.0 Å². The van der Waals surface area contributed by atoms with Gasteiger partial charge in [-0.3, -0.25) is 0 Å². The summed E-state index contributed by atoms with van der Waals surface area (Å²) in [6, 6.07) is 4.57. The van der Waals surface area contributed by atoms with E-state index < -0.39 is 10.0 Å². The summed E-state index contributed by atoms with van der Waals surface area (Å²) in [7, 11) is -2.07. The molecule has 0 aliphatic heterocycles. The van der Waals surface area contributed by atoms with Crippen LogP contribution in [0.4, 0.5) is 0 Å². The van der Waals surface area contributed by atoms with Crippen molar-refractivity contribution in [2.24, 2.45) is 5.73 Å². The molecule has 112 valence electrons. The van der Waals surface area contributed by atoms with Gasteiger partial charge >= 0.3 is 0 Å². The van der Waals surface area contributed by atoms with Crippen molar-refractivity contribution in [2.45, 2.75) is 42.7 Å².